The van der Waals surface area contributed by atoms with Gasteiger partial charge in [-0.15, -0.1) is 0 Å². The van der Waals surface area contributed by atoms with Gasteiger partial charge in [0.1, 0.15) is 5.75 Å². The second kappa shape index (κ2) is 5.30. The topological polar surface area (TPSA) is 68.4 Å². The first-order valence-corrected chi connectivity index (χ1v) is 6.90. The monoisotopic (exact) mass is 324 g/mol. The number of aliphatic hydroxyl groups is 1. The fourth-order valence-corrected chi connectivity index (χ4v) is 2.26. The van der Waals surface area contributed by atoms with Gasteiger partial charge < -0.3 is 14.4 Å². The Kier molecular flexibility index (Phi) is 3.52. The van der Waals surface area contributed by atoms with Gasteiger partial charge in [0, 0.05) is 5.92 Å². The largest absolute Gasteiger partial charge is 0.484 e. The third-order valence-electron chi connectivity index (χ3n) is 2.95. The summed E-state index contributed by atoms with van der Waals surface area (Å²) in [6.45, 7) is 0.280. The third kappa shape index (κ3) is 2.96. The van der Waals surface area contributed by atoms with Gasteiger partial charge in [0.15, 0.2) is 6.61 Å². The molecule has 2 aromatic rings. The number of rotatable bonds is 5. The van der Waals surface area contributed by atoms with E-state index in [9.17, 15) is 0 Å². The number of benzene rings is 1. The first-order chi connectivity index (χ1) is 9.26. The van der Waals surface area contributed by atoms with Crippen molar-refractivity contribution < 1.29 is 14.4 Å². The second-order valence-electron chi connectivity index (χ2n) is 4.53. The Labute approximate surface area is 118 Å². The van der Waals surface area contributed by atoms with Gasteiger partial charge in [0.2, 0.25) is 11.7 Å². The quantitative estimate of drug-likeness (QED) is 0.915. The number of halogens is 1. The number of aliphatic hydroxyl groups excluding tert-OH is 1. The van der Waals surface area contributed by atoms with Crippen molar-refractivity contribution in [3.63, 3.8) is 0 Å². The molecule has 100 valence electrons. The van der Waals surface area contributed by atoms with Crippen LogP contribution in [0, 0.1) is 0 Å². The highest BCUT2D eigenvalue weighted by atomic mass is 79.9. The molecule has 19 heavy (non-hydrogen) atoms. The Hall–Kier alpha value is -1.40. The summed E-state index contributed by atoms with van der Waals surface area (Å²) in [6, 6.07) is 5.44. The Bertz CT molecular complexity index is 581. The van der Waals surface area contributed by atoms with Crippen LogP contribution >= 0.6 is 15.9 Å². The summed E-state index contributed by atoms with van der Waals surface area (Å²) < 4.78 is 11.6. The highest BCUT2D eigenvalue weighted by molar-refractivity contribution is 9.10. The second-order valence-corrected chi connectivity index (χ2v) is 5.39. The predicted octanol–water partition coefficient (Wildman–Crippen LogP) is 2.78. The van der Waals surface area contributed by atoms with Gasteiger partial charge in [-0.25, -0.2) is 0 Å². The lowest BCUT2D eigenvalue weighted by atomic mass is 10.2. The lowest BCUT2D eigenvalue weighted by Gasteiger charge is -2.06. The molecule has 1 N–H and O–H groups in total. The first kappa shape index (κ1) is 12.6. The third-order valence-corrected chi connectivity index (χ3v) is 3.57. The zero-order chi connectivity index (χ0) is 13.2. The van der Waals surface area contributed by atoms with Crippen LogP contribution < -0.4 is 4.74 Å². The number of hydrogen-bond acceptors (Lipinski definition) is 5. The summed E-state index contributed by atoms with van der Waals surface area (Å²) in [4.78, 5) is 4.29. The van der Waals surface area contributed by atoms with Gasteiger partial charge in [-0.05, 0) is 46.5 Å². The molecule has 1 aromatic carbocycles. The van der Waals surface area contributed by atoms with Gasteiger partial charge in [0.05, 0.1) is 11.1 Å². The van der Waals surface area contributed by atoms with Crippen LogP contribution in [0.15, 0.2) is 27.2 Å². The molecule has 1 aromatic heterocycles. The Balaban J connectivity index is 1.64. The van der Waals surface area contributed by atoms with Crippen molar-refractivity contribution in [2.75, 3.05) is 0 Å². The summed E-state index contributed by atoms with van der Waals surface area (Å²) in [5.41, 5.74) is 0.829. The molecular formula is C13H13BrN2O3. The molecule has 0 amide bonds. The predicted molar refractivity (Wildman–Crippen MR) is 70.7 cm³/mol. The van der Waals surface area contributed by atoms with Crippen LogP contribution in [0.3, 0.4) is 0 Å². The SMILES string of the molecule is OCc1ccc(OCc2noc(C3CC3)n2)c(Br)c1. The average Bonchev–Trinajstić information content (AvgIpc) is 3.17. The molecular weight excluding hydrogens is 312 g/mol. The molecule has 0 aliphatic heterocycles. The fraction of sp³-hybridized carbons (Fsp3) is 0.385. The maximum atomic E-state index is 9.03. The van der Waals surface area contributed by atoms with Crippen molar-refractivity contribution in [3.05, 3.63) is 40.0 Å². The van der Waals surface area contributed by atoms with E-state index in [1.165, 1.54) is 0 Å². The molecule has 1 heterocycles. The van der Waals surface area contributed by atoms with E-state index in [0.717, 1.165) is 22.9 Å². The molecule has 6 heteroatoms. The van der Waals surface area contributed by atoms with Crippen molar-refractivity contribution in [1.82, 2.24) is 10.1 Å². The van der Waals surface area contributed by atoms with Crippen LogP contribution in [0.2, 0.25) is 0 Å². The maximum Gasteiger partial charge on any atom is 0.229 e. The fourth-order valence-electron chi connectivity index (χ4n) is 1.72. The van der Waals surface area contributed by atoms with Gasteiger partial charge in [0.25, 0.3) is 0 Å². The van der Waals surface area contributed by atoms with E-state index in [4.69, 9.17) is 14.4 Å². The summed E-state index contributed by atoms with van der Waals surface area (Å²) in [6.07, 6.45) is 2.27. The van der Waals surface area contributed by atoms with E-state index in [1.54, 1.807) is 6.07 Å². The minimum Gasteiger partial charge on any atom is -0.484 e. The Morgan fingerprint density at radius 3 is 2.95 bits per heavy atom. The lowest BCUT2D eigenvalue weighted by molar-refractivity contribution is 0.277. The standard InChI is InChI=1S/C13H13BrN2O3/c14-10-5-8(6-17)1-4-11(10)18-7-12-15-13(19-16-12)9-2-3-9/h1,4-5,9,17H,2-3,6-7H2. The van der Waals surface area contributed by atoms with E-state index in [1.807, 2.05) is 12.1 Å². The zero-order valence-corrected chi connectivity index (χ0v) is 11.8. The van der Waals surface area contributed by atoms with Gasteiger partial charge >= 0.3 is 0 Å². The highest BCUT2D eigenvalue weighted by Gasteiger charge is 2.29. The molecule has 1 fully saturated rings. The highest BCUT2D eigenvalue weighted by Crippen LogP contribution is 2.38. The van der Waals surface area contributed by atoms with Crippen molar-refractivity contribution in [3.8, 4) is 5.75 Å². The average molecular weight is 325 g/mol. The van der Waals surface area contributed by atoms with Gasteiger partial charge in [-0.1, -0.05) is 11.2 Å². The molecule has 0 saturated heterocycles. The maximum absolute atomic E-state index is 9.03. The molecule has 1 aliphatic rings. The zero-order valence-electron chi connectivity index (χ0n) is 10.2. The van der Waals surface area contributed by atoms with Crippen molar-refractivity contribution >= 4 is 15.9 Å². The van der Waals surface area contributed by atoms with Crippen LogP contribution in [0.1, 0.15) is 36.0 Å². The van der Waals surface area contributed by atoms with Gasteiger partial charge in [-0.2, -0.15) is 4.98 Å². The number of hydrogen-bond donors (Lipinski definition) is 1. The minimum atomic E-state index is 0.00840. The minimum absolute atomic E-state index is 0.00840. The molecule has 1 aliphatic carbocycles. The van der Waals surface area contributed by atoms with Crippen LogP contribution in [-0.2, 0) is 13.2 Å². The van der Waals surface area contributed by atoms with Gasteiger partial charge in [-0.3, -0.25) is 0 Å². The van der Waals surface area contributed by atoms with E-state index < -0.39 is 0 Å². The van der Waals surface area contributed by atoms with Crippen LogP contribution in [0.25, 0.3) is 0 Å². The summed E-state index contributed by atoms with van der Waals surface area (Å²) >= 11 is 3.40. The van der Waals surface area contributed by atoms with Crippen molar-refractivity contribution in [2.45, 2.75) is 32.0 Å². The van der Waals surface area contributed by atoms with E-state index >= 15 is 0 Å². The summed E-state index contributed by atoms with van der Waals surface area (Å²) in [7, 11) is 0. The molecule has 0 atom stereocenters. The molecule has 0 spiro atoms. The number of aromatic nitrogens is 2. The van der Waals surface area contributed by atoms with Crippen molar-refractivity contribution in [2.24, 2.45) is 0 Å². The molecule has 5 nitrogen and oxygen atoms in total. The van der Waals surface area contributed by atoms with E-state index in [2.05, 4.69) is 26.1 Å². The van der Waals surface area contributed by atoms with E-state index in [0.29, 0.717) is 23.4 Å². The molecule has 1 saturated carbocycles. The Morgan fingerprint density at radius 2 is 2.26 bits per heavy atom. The summed E-state index contributed by atoms with van der Waals surface area (Å²) in [5, 5.41) is 12.9. The van der Waals surface area contributed by atoms with Crippen molar-refractivity contribution in [1.29, 1.82) is 0 Å². The summed E-state index contributed by atoms with van der Waals surface area (Å²) in [5.74, 6) is 2.42. The molecule has 0 radical (unpaired) electrons. The molecule has 0 bridgehead atoms. The smallest absolute Gasteiger partial charge is 0.229 e. The molecule has 3 rings (SSSR count). The first-order valence-electron chi connectivity index (χ1n) is 6.11. The van der Waals surface area contributed by atoms with Crippen LogP contribution in [0.5, 0.6) is 5.75 Å². The number of nitrogens with zero attached hydrogens (tertiary/aromatic N) is 2. The lowest BCUT2D eigenvalue weighted by Crippen LogP contribution is -1.98. The van der Waals surface area contributed by atoms with Crippen LogP contribution in [0.4, 0.5) is 0 Å². The number of ether oxygens (including phenoxy) is 1. The molecule has 0 unspecified atom stereocenters. The normalized spacial score (nSPS) is 14.6. The van der Waals surface area contributed by atoms with Crippen LogP contribution in [-0.4, -0.2) is 15.2 Å². The Morgan fingerprint density at radius 1 is 1.42 bits per heavy atom. The van der Waals surface area contributed by atoms with E-state index in [-0.39, 0.29) is 13.2 Å².